The van der Waals surface area contributed by atoms with Gasteiger partial charge in [0.2, 0.25) is 17.2 Å². The van der Waals surface area contributed by atoms with Gasteiger partial charge < -0.3 is 57.2 Å². The number of rotatable bonds is 47. The topological polar surface area (TPSA) is 446 Å². The number of hydrogen-bond acceptors (Lipinski definition) is 33. The average Bonchev–Trinajstić information content (AvgIpc) is 0.799. The van der Waals surface area contributed by atoms with Crippen molar-refractivity contribution >= 4 is 107 Å². The number of thioether (sulfide) groups is 1. The minimum absolute atomic E-state index is 0.0575. The van der Waals surface area contributed by atoms with E-state index in [2.05, 4.69) is 32.1 Å². The Morgan fingerprint density at radius 1 is 0.320 bits per heavy atom. The molecule has 0 fully saturated rings. The zero-order chi connectivity index (χ0) is 109. The van der Waals surface area contributed by atoms with Gasteiger partial charge in [0.15, 0.2) is 94.3 Å². The van der Waals surface area contributed by atoms with Gasteiger partial charge in [-0.2, -0.15) is 0 Å². The molecule has 1 N–H and O–H groups in total. The van der Waals surface area contributed by atoms with Gasteiger partial charge in [0, 0.05) is 118 Å². The molecular weight excluding hydrogens is 2000 g/mol. The number of ketones is 4. The smallest absolute Gasteiger partial charge is 0.309 e. The van der Waals surface area contributed by atoms with Crippen molar-refractivity contribution in [3.63, 3.8) is 0 Å². The van der Waals surface area contributed by atoms with Gasteiger partial charge >= 0.3 is 41.8 Å². The van der Waals surface area contributed by atoms with E-state index in [1.54, 1.807) is 154 Å². The van der Waals surface area contributed by atoms with Crippen molar-refractivity contribution < 1.29 is 131 Å². The Kier molecular flexibility index (Phi) is 46.1. The van der Waals surface area contributed by atoms with Crippen molar-refractivity contribution in [1.82, 2.24) is 19.9 Å². The minimum Gasteiger partial charge on any atom is -0.503 e. The van der Waals surface area contributed by atoms with Crippen LogP contribution in [0, 0.1) is 23.7 Å². The lowest BCUT2D eigenvalue weighted by molar-refractivity contribution is -0.153. The highest BCUT2D eigenvalue weighted by Crippen LogP contribution is 2.42. The summed E-state index contributed by atoms with van der Waals surface area (Å²) in [6.07, 6.45) is 1.17. The van der Waals surface area contributed by atoms with E-state index in [1.807, 2.05) is 116 Å². The largest absolute Gasteiger partial charge is 0.503 e. The van der Waals surface area contributed by atoms with Gasteiger partial charge in [0.05, 0.1) is 74.1 Å². The number of Topliss-reactive ketones (excluding diaryl/α,β-unsaturated/α-hetero) is 4. The van der Waals surface area contributed by atoms with Gasteiger partial charge in [0.25, 0.3) is 0 Å². The monoisotopic (exact) mass is 2120 g/mol. The fraction of sp³-hybridized carbons (Fsp3) is 0.307. The van der Waals surface area contributed by atoms with E-state index >= 15 is 0 Å². The number of carbonyl (C=O) groups excluding carboxylic acids is 11. The Balaban J connectivity index is 0.000000222. The molecule has 4 aromatic heterocycles. The van der Waals surface area contributed by atoms with Gasteiger partial charge in [0.1, 0.15) is 34.9 Å². The summed E-state index contributed by atoms with van der Waals surface area (Å²) in [5.41, 5.74) is 5.62. The Bertz CT molecular complexity index is 6810. The molecule has 790 valence electrons. The van der Waals surface area contributed by atoms with Crippen molar-refractivity contribution in [2.75, 3.05) is 28.4 Å². The maximum Gasteiger partial charge on any atom is 0.309 e. The summed E-state index contributed by atoms with van der Waals surface area (Å²) in [5, 5.41) is 7.28. The van der Waals surface area contributed by atoms with E-state index in [0.717, 1.165) is 22.4 Å². The first-order valence-corrected chi connectivity index (χ1v) is 53.6. The molecule has 0 aliphatic heterocycles. The van der Waals surface area contributed by atoms with Crippen LogP contribution in [-0.2, 0) is 106 Å². The van der Waals surface area contributed by atoms with Crippen LogP contribution < -0.4 is 33.2 Å². The highest BCUT2D eigenvalue weighted by molar-refractivity contribution is 7.98. The number of methoxy groups -OCH3 is 4. The molecule has 1 unspecified atom stereocenters. The van der Waals surface area contributed by atoms with Crippen molar-refractivity contribution in [3.05, 3.63) is 359 Å². The molecule has 0 spiro atoms. The first kappa shape index (κ1) is 118. The molecule has 0 saturated heterocycles. The highest BCUT2D eigenvalue weighted by Gasteiger charge is 2.41. The standard InChI is InChI=1S/C29H31NO8S.C29H31NO7S.C29H31NO6S.C27H29NO7S/c1-19(17-24(32)26-27(38-21(3)31)25(36-4)15-16-30-26)29(33)37-20(2)28(23-13-9-6-10-14-23)39(34,35)18-22-11-7-5-8-12-22;1-19(17-24(32)26-27(37-21(3)31)25(35-4)15-16-30-26)29(33)36-20(2)28(23-13-9-6-10-14-23)38(34)18-22-11-7-5-8-12-22;1-19(17-24(32)26-27(36-21(3)31)25(34-4)15-16-30-26)29(33)35-20(2)28(23-13-9-6-10-14-23)37-18-22-11-7-5-8-12-22;1-18(16-22(29)24-25(30)23(34-3)14-15-28-24)27(31)35-19(2)26(21-12-8-5-9-13-21)36(32,33)17-20-10-6-4-7-11-20/h5-16,19-20,28H,17-18H2,1-4H3;5-16,19-20,28H,17-18H2,1-4H3;5-16,19-20,28H,17-18H2,1-4H3;4-15,18-19,26,30H,16-17H2,1-3H3/t19-,20+,28+;19-,20+,28+,38?;19-,20+,28+;18-,19+,26+/m1111/s1. The second kappa shape index (κ2) is 58.5. The lowest BCUT2D eigenvalue weighted by Crippen LogP contribution is -2.32. The van der Waals surface area contributed by atoms with Crippen LogP contribution in [0.15, 0.2) is 292 Å². The zero-order valence-electron chi connectivity index (χ0n) is 85.7. The van der Waals surface area contributed by atoms with Crippen LogP contribution >= 0.6 is 11.8 Å². The van der Waals surface area contributed by atoms with E-state index < -0.39 is 165 Å². The number of nitrogens with zero attached hydrogens (tertiary/aromatic N) is 4. The number of aromatic nitrogens is 4. The van der Waals surface area contributed by atoms with Crippen LogP contribution in [0.3, 0.4) is 0 Å². The third kappa shape index (κ3) is 35.2. The average molecular weight is 2120 g/mol. The molecule has 0 amide bonds. The molecule has 150 heavy (non-hydrogen) atoms. The molecule has 4 heterocycles. The van der Waals surface area contributed by atoms with Crippen LogP contribution in [0.25, 0.3) is 0 Å². The number of ether oxygens (including phenoxy) is 11. The summed E-state index contributed by atoms with van der Waals surface area (Å²) in [4.78, 5) is 154. The number of carbonyl (C=O) groups is 11. The van der Waals surface area contributed by atoms with Crippen molar-refractivity contribution in [1.29, 1.82) is 0 Å². The maximum atomic E-state index is 13.5. The minimum atomic E-state index is -3.81. The molecule has 12 aromatic rings. The van der Waals surface area contributed by atoms with E-state index in [4.69, 9.17) is 52.1 Å². The van der Waals surface area contributed by atoms with E-state index in [9.17, 15) is 78.9 Å². The number of esters is 7. The molecule has 0 radical (unpaired) electrons. The summed E-state index contributed by atoms with van der Waals surface area (Å²) in [7, 11) is -3.50. The second-order valence-corrected chi connectivity index (χ2v) is 41.9. The van der Waals surface area contributed by atoms with Gasteiger partial charge in [-0.1, -0.05) is 270 Å². The number of benzene rings is 8. The molecule has 32 nitrogen and oxygen atoms in total. The molecule has 0 aliphatic carbocycles. The van der Waals surface area contributed by atoms with Gasteiger partial charge in [-0.25, -0.2) is 36.8 Å². The summed E-state index contributed by atoms with van der Waals surface area (Å²) >= 11 is 1.70. The normalized spacial score (nSPS) is 13.6. The molecule has 0 aliphatic rings. The van der Waals surface area contributed by atoms with Crippen molar-refractivity contribution in [2.45, 2.75) is 170 Å². The van der Waals surface area contributed by atoms with E-state index in [-0.39, 0.29) is 105 Å². The predicted octanol–water partition coefficient (Wildman–Crippen LogP) is 19.5. The first-order chi connectivity index (χ1) is 71.7. The Labute approximate surface area is 879 Å². The Morgan fingerprint density at radius 2 is 0.580 bits per heavy atom. The van der Waals surface area contributed by atoms with Crippen LogP contribution in [0.2, 0.25) is 0 Å². The molecule has 0 bridgehead atoms. The van der Waals surface area contributed by atoms with E-state index in [1.165, 1.54) is 132 Å². The third-order valence-electron chi connectivity index (χ3n) is 23.1. The number of pyridine rings is 4. The third-order valence-corrected chi connectivity index (χ3v) is 30.8. The SMILES string of the molecule is COc1ccnc(C(=O)C[C@@H](C)C(=O)O[C@@H](C)[C@@H](c2ccccc2)S(=O)(=O)Cc2ccccc2)c1O.COc1ccnc(C(=O)C[C@@H](C)C(=O)O[C@@H](C)[C@@H](c2ccccc2)S(=O)(=O)Cc2ccccc2)c1OC(C)=O.COc1ccnc(C(=O)C[C@@H](C)C(=O)O[C@@H](C)[C@@H](c2ccccc2)S(=O)Cc2ccccc2)c1OC(C)=O.COc1ccnc(C(=O)C[C@@H](C)C(=O)O[C@@H](C)[C@H](SCc2ccccc2)c2ccccc2)c1OC(C)=O. The number of sulfone groups is 2. The number of hydrogen-bond donors (Lipinski definition) is 1. The first-order valence-electron chi connectivity index (χ1n) is 47.8. The predicted molar refractivity (Wildman–Crippen MR) is 564 cm³/mol. The van der Waals surface area contributed by atoms with E-state index in [0.29, 0.717) is 28.0 Å². The molecule has 13 atom stereocenters. The zero-order valence-corrected chi connectivity index (χ0v) is 89.0. The second-order valence-electron chi connectivity index (χ2n) is 35.0. The molecule has 8 aromatic carbocycles. The molecule has 36 heteroatoms. The number of aromatic hydroxyl groups is 1. The van der Waals surface area contributed by atoms with Crippen LogP contribution in [0.1, 0.15) is 209 Å². The fourth-order valence-corrected chi connectivity index (χ4v) is 22.8. The van der Waals surface area contributed by atoms with Crippen LogP contribution in [0.5, 0.6) is 46.0 Å². The fourth-order valence-electron chi connectivity index (χ4n) is 15.8. The highest BCUT2D eigenvalue weighted by atomic mass is 32.2. The van der Waals surface area contributed by atoms with Crippen molar-refractivity contribution in [3.8, 4) is 46.0 Å². The van der Waals surface area contributed by atoms with Crippen LogP contribution in [-0.4, -0.2) is 164 Å². The van der Waals surface area contributed by atoms with Crippen LogP contribution in [0.4, 0.5) is 0 Å². The molecular formula is C114H122N4O28S4. The summed E-state index contributed by atoms with van der Waals surface area (Å²) in [5.74, 6) is -9.47. The summed E-state index contributed by atoms with van der Waals surface area (Å²) < 4.78 is 126. The Hall–Kier alpha value is -15.3. The Morgan fingerprint density at radius 3 is 0.893 bits per heavy atom. The summed E-state index contributed by atoms with van der Waals surface area (Å²) in [6, 6.07) is 79.3. The van der Waals surface area contributed by atoms with Gasteiger partial charge in [-0.3, -0.25) is 56.9 Å². The quantitative estimate of drug-likeness (QED) is 0.0210. The van der Waals surface area contributed by atoms with Gasteiger partial charge in [-0.05, 0) is 72.2 Å². The maximum absolute atomic E-state index is 13.5. The lowest BCUT2D eigenvalue weighted by Gasteiger charge is -2.26. The molecule has 12 rings (SSSR count). The summed E-state index contributed by atoms with van der Waals surface area (Å²) in [6.45, 7) is 16.4. The van der Waals surface area contributed by atoms with Gasteiger partial charge in [-0.15, -0.1) is 11.8 Å². The lowest BCUT2D eigenvalue weighted by atomic mass is 10.0. The van der Waals surface area contributed by atoms with Crippen molar-refractivity contribution in [2.24, 2.45) is 23.7 Å². The molecule has 0 saturated carbocycles.